The van der Waals surface area contributed by atoms with Gasteiger partial charge in [0.05, 0.1) is 0 Å². The second-order valence-corrected chi connectivity index (χ2v) is 4.51. The Kier molecular flexibility index (Phi) is 2.42. The molecule has 0 N–H and O–H groups in total. The lowest BCUT2D eigenvalue weighted by Gasteiger charge is -2.06. The fourth-order valence-corrected chi connectivity index (χ4v) is 2.71. The molecule has 0 aliphatic rings. The van der Waals surface area contributed by atoms with Crippen LogP contribution in [0.25, 0.3) is 10.4 Å². The Hall–Kier alpha value is -1.08. The summed E-state index contributed by atoms with van der Waals surface area (Å²) < 4.78 is 0. The van der Waals surface area contributed by atoms with E-state index in [1.807, 2.05) is 0 Å². The molecule has 0 unspecified atom stereocenters. The van der Waals surface area contributed by atoms with Crippen molar-refractivity contribution < 1.29 is 0 Å². The topological polar surface area (TPSA) is 0 Å². The van der Waals surface area contributed by atoms with E-state index in [0.29, 0.717) is 0 Å². The van der Waals surface area contributed by atoms with Crippen LogP contribution >= 0.6 is 11.3 Å². The number of hydrogen-bond acceptors (Lipinski definition) is 1. The van der Waals surface area contributed by atoms with Crippen LogP contribution in [0.2, 0.25) is 0 Å². The Morgan fingerprint density at radius 1 is 1.07 bits per heavy atom. The van der Waals surface area contributed by atoms with Crippen molar-refractivity contribution in [2.45, 2.75) is 20.8 Å². The van der Waals surface area contributed by atoms with Gasteiger partial charge in [-0.15, -0.1) is 11.3 Å². The number of thiophene rings is 1. The van der Waals surface area contributed by atoms with Crippen molar-refractivity contribution >= 4 is 11.3 Å². The first-order valence-corrected chi connectivity index (χ1v) is 5.55. The Labute approximate surface area is 89.2 Å². The standard InChI is InChI=1S/C13H13S/c1-9-7-12(14-8-9)13-10(2)5-4-6-11(13)3/h4-7H,1-3H3. The van der Waals surface area contributed by atoms with Crippen LogP contribution in [0, 0.1) is 26.2 Å². The highest BCUT2D eigenvalue weighted by molar-refractivity contribution is 7.13. The third-order valence-corrected chi connectivity index (χ3v) is 3.36. The molecule has 0 amide bonds. The number of rotatable bonds is 1. The van der Waals surface area contributed by atoms with Gasteiger partial charge in [0.15, 0.2) is 0 Å². The Balaban J connectivity index is 2.61. The molecule has 1 radical (unpaired) electrons. The van der Waals surface area contributed by atoms with Gasteiger partial charge in [0.1, 0.15) is 0 Å². The molecule has 0 spiro atoms. The molecule has 1 heteroatoms. The molecule has 71 valence electrons. The molecule has 0 saturated carbocycles. The van der Waals surface area contributed by atoms with Gasteiger partial charge in [-0.05, 0) is 49.1 Å². The van der Waals surface area contributed by atoms with Gasteiger partial charge in [0.25, 0.3) is 0 Å². The lowest BCUT2D eigenvalue weighted by molar-refractivity contribution is 1.39. The molecule has 0 aliphatic heterocycles. The molecule has 0 aliphatic carbocycles. The van der Waals surface area contributed by atoms with E-state index >= 15 is 0 Å². The first-order chi connectivity index (χ1) is 6.68. The molecule has 0 saturated heterocycles. The SMILES string of the molecule is Cc1[c]sc(-c2c(C)cccc2C)c1. The van der Waals surface area contributed by atoms with Gasteiger partial charge < -0.3 is 0 Å². The van der Waals surface area contributed by atoms with Crippen molar-refractivity contribution in [1.29, 1.82) is 0 Å². The van der Waals surface area contributed by atoms with Gasteiger partial charge in [0, 0.05) is 10.3 Å². The monoisotopic (exact) mass is 201 g/mol. The van der Waals surface area contributed by atoms with Crippen molar-refractivity contribution in [1.82, 2.24) is 0 Å². The summed E-state index contributed by atoms with van der Waals surface area (Å²) in [6, 6.07) is 8.65. The van der Waals surface area contributed by atoms with Gasteiger partial charge in [-0.25, -0.2) is 0 Å². The van der Waals surface area contributed by atoms with Crippen LogP contribution in [0.3, 0.4) is 0 Å². The van der Waals surface area contributed by atoms with Crippen LogP contribution in [-0.4, -0.2) is 0 Å². The average Bonchev–Trinajstić information content (AvgIpc) is 2.51. The second-order valence-electron chi connectivity index (χ2n) is 3.66. The average molecular weight is 201 g/mol. The van der Waals surface area contributed by atoms with Crippen LogP contribution in [-0.2, 0) is 0 Å². The van der Waals surface area contributed by atoms with Crippen LogP contribution in [0.1, 0.15) is 16.7 Å². The van der Waals surface area contributed by atoms with E-state index in [1.165, 1.54) is 27.1 Å². The maximum Gasteiger partial charge on any atom is 0.0481 e. The van der Waals surface area contributed by atoms with Gasteiger partial charge >= 0.3 is 0 Å². The van der Waals surface area contributed by atoms with E-state index in [9.17, 15) is 0 Å². The normalized spacial score (nSPS) is 10.5. The van der Waals surface area contributed by atoms with E-state index in [-0.39, 0.29) is 0 Å². The van der Waals surface area contributed by atoms with Crippen molar-refractivity contribution in [3.05, 3.63) is 46.3 Å². The van der Waals surface area contributed by atoms with E-state index in [2.05, 4.69) is 50.4 Å². The van der Waals surface area contributed by atoms with Crippen molar-refractivity contribution in [2.24, 2.45) is 0 Å². The third-order valence-electron chi connectivity index (χ3n) is 2.40. The summed E-state index contributed by atoms with van der Waals surface area (Å²) in [4.78, 5) is 1.33. The quantitative estimate of drug-likeness (QED) is 0.650. The second kappa shape index (κ2) is 3.58. The van der Waals surface area contributed by atoms with Gasteiger partial charge in [0.2, 0.25) is 0 Å². The summed E-state index contributed by atoms with van der Waals surface area (Å²) in [5, 5.41) is 3.26. The highest BCUT2D eigenvalue weighted by Gasteiger charge is 2.06. The third kappa shape index (κ3) is 1.60. The minimum atomic E-state index is 1.23. The van der Waals surface area contributed by atoms with Crippen molar-refractivity contribution in [3.63, 3.8) is 0 Å². The molecule has 0 fully saturated rings. The molecule has 1 heterocycles. The maximum atomic E-state index is 3.26. The molecule has 1 aromatic heterocycles. The zero-order valence-corrected chi connectivity index (χ0v) is 9.53. The predicted molar refractivity (Wildman–Crippen MR) is 62.8 cm³/mol. The van der Waals surface area contributed by atoms with Gasteiger partial charge in [-0.1, -0.05) is 18.2 Å². The van der Waals surface area contributed by atoms with E-state index in [4.69, 9.17) is 0 Å². The van der Waals surface area contributed by atoms with Gasteiger partial charge in [-0.2, -0.15) is 0 Å². The van der Waals surface area contributed by atoms with E-state index in [0.717, 1.165) is 0 Å². The highest BCUT2D eigenvalue weighted by Crippen LogP contribution is 2.31. The zero-order chi connectivity index (χ0) is 10.1. The summed E-state index contributed by atoms with van der Waals surface area (Å²) in [6.07, 6.45) is 0. The van der Waals surface area contributed by atoms with Crippen molar-refractivity contribution in [2.75, 3.05) is 0 Å². The number of aryl methyl sites for hydroxylation is 3. The highest BCUT2D eigenvalue weighted by atomic mass is 32.1. The lowest BCUT2D eigenvalue weighted by Crippen LogP contribution is -1.84. The zero-order valence-electron chi connectivity index (χ0n) is 8.72. The molecule has 0 atom stereocenters. The first kappa shape index (κ1) is 9.47. The molecule has 2 aromatic rings. The van der Waals surface area contributed by atoms with E-state index < -0.39 is 0 Å². The molecule has 0 nitrogen and oxygen atoms in total. The van der Waals surface area contributed by atoms with Crippen LogP contribution in [0.15, 0.2) is 24.3 Å². The summed E-state index contributed by atoms with van der Waals surface area (Å²) in [5.74, 6) is 0. The maximum absolute atomic E-state index is 3.26. The summed E-state index contributed by atoms with van der Waals surface area (Å²) in [5.41, 5.74) is 5.30. The smallest absolute Gasteiger partial charge is 0.0481 e. The summed E-state index contributed by atoms with van der Waals surface area (Å²) in [7, 11) is 0. The first-order valence-electron chi connectivity index (χ1n) is 4.73. The molecule has 1 aromatic carbocycles. The number of hydrogen-bond donors (Lipinski definition) is 0. The van der Waals surface area contributed by atoms with Crippen LogP contribution in [0.4, 0.5) is 0 Å². The predicted octanol–water partition coefficient (Wildman–Crippen LogP) is 4.14. The van der Waals surface area contributed by atoms with Crippen LogP contribution in [0.5, 0.6) is 0 Å². The lowest BCUT2D eigenvalue weighted by atomic mass is 10.0. The summed E-state index contributed by atoms with van der Waals surface area (Å²) in [6.45, 7) is 6.42. The van der Waals surface area contributed by atoms with Crippen LogP contribution < -0.4 is 0 Å². The van der Waals surface area contributed by atoms with Gasteiger partial charge in [-0.3, -0.25) is 0 Å². The summed E-state index contributed by atoms with van der Waals surface area (Å²) >= 11 is 1.71. The van der Waals surface area contributed by atoms with E-state index in [1.54, 1.807) is 11.3 Å². The van der Waals surface area contributed by atoms with Crippen molar-refractivity contribution in [3.8, 4) is 10.4 Å². The fourth-order valence-electron chi connectivity index (χ4n) is 1.72. The molecule has 14 heavy (non-hydrogen) atoms. The molecular weight excluding hydrogens is 188 g/mol. The molecule has 0 bridgehead atoms. The fraction of sp³-hybridized carbons (Fsp3) is 0.231. The Morgan fingerprint density at radius 3 is 2.21 bits per heavy atom. The molecule has 2 rings (SSSR count). The largest absolute Gasteiger partial charge is 0.134 e. The Morgan fingerprint density at radius 2 is 1.71 bits per heavy atom. The Bertz CT molecular complexity index is 432. The minimum Gasteiger partial charge on any atom is -0.134 e. The molecular formula is C13H13S. The number of benzene rings is 1. The minimum absolute atomic E-state index is 1.23.